The van der Waals surface area contributed by atoms with Crippen LogP contribution in [0.1, 0.15) is 57.0 Å². The number of rotatable bonds is 7. The smallest absolute Gasteiger partial charge is 0.334 e. The predicted octanol–water partition coefficient (Wildman–Crippen LogP) is 2.64. The molecule has 0 unspecified atom stereocenters. The Kier molecular flexibility index (Phi) is 6.88. The van der Waals surface area contributed by atoms with Gasteiger partial charge in [0.2, 0.25) is 10.0 Å². The molecule has 5 rings (SSSR count). The minimum Gasteiger partial charge on any atom is -0.493 e. The number of hydrogen-bond donors (Lipinski definition) is 1. The summed E-state index contributed by atoms with van der Waals surface area (Å²) >= 11 is 0. The number of H-pyrrole nitrogens is 1. The highest BCUT2D eigenvalue weighted by atomic mass is 32.2. The fourth-order valence-corrected chi connectivity index (χ4v) is 6.69. The second kappa shape index (κ2) is 9.95. The van der Waals surface area contributed by atoms with Crippen LogP contribution in [0.4, 0.5) is 0 Å². The second-order valence-corrected chi connectivity index (χ2v) is 11.5. The summed E-state index contributed by atoms with van der Waals surface area (Å²) in [5, 5.41) is 0. The van der Waals surface area contributed by atoms with Crippen molar-refractivity contribution in [1.29, 1.82) is 0 Å². The molecule has 0 amide bonds. The molecule has 0 bridgehead atoms. The highest BCUT2D eigenvalue weighted by molar-refractivity contribution is 7.89. The zero-order chi connectivity index (χ0) is 25.4. The number of nitrogens with zero attached hydrogens (tertiary/aromatic N) is 5. The predicted molar refractivity (Wildman–Crippen MR) is 137 cm³/mol. The van der Waals surface area contributed by atoms with E-state index in [4.69, 9.17) is 14.7 Å². The van der Waals surface area contributed by atoms with E-state index in [1.807, 2.05) is 20.9 Å². The molecule has 1 N–H and O–H groups in total. The summed E-state index contributed by atoms with van der Waals surface area (Å²) in [6.45, 7) is 6.45. The maximum atomic E-state index is 13.5. The molecule has 0 radical (unpaired) electrons. The third-order valence-electron chi connectivity index (χ3n) is 7.26. The van der Waals surface area contributed by atoms with Gasteiger partial charge in [-0.25, -0.2) is 27.6 Å². The highest BCUT2D eigenvalue weighted by Gasteiger charge is 2.30. The van der Waals surface area contributed by atoms with Crippen LogP contribution >= 0.6 is 0 Å². The van der Waals surface area contributed by atoms with Crippen LogP contribution in [0.3, 0.4) is 0 Å². The van der Waals surface area contributed by atoms with Crippen molar-refractivity contribution in [3.05, 3.63) is 40.2 Å². The number of imidazole rings is 1. The topological polar surface area (TPSA) is 113 Å². The number of hydrogen-bond acceptors (Lipinski definition) is 7. The van der Waals surface area contributed by atoms with Crippen molar-refractivity contribution in [3.8, 4) is 17.1 Å². The Morgan fingerprint density at radius 3 is 2.47 bits per heavy atom. The molecule has 10 nitrogen and oxygen atoms in total. The van der Waals surface area contributed by atoms with Crippen LogP contribution in [0, 0.1) is 0 Å². The van der Waals surface area contributed by atoms with E-state index in [1.165, 1.54) is 4.31 Å². The van der Waals surface area contributed by atoms with Crippen LogP contribution in [0.5, 0.6) is 5.75 Å². The van der Waals surface area contributed by atoms with Crippen molar-refractivity contribution in [3.63, 3.8) is 0 Å². The minimum absolute atomic E-state index is 0.159. The van der Waals surface area contributed by atoms with Crippen LogP contribution < -0.4 is 10.4 Å². The molecule has 2 fully saturated rings. The molecule has 1 aliphatic carbocycles. The lowest BCUT2D eigenvalue weighted by atomic mass is 10.0. The molecule has 3 aromatic rings. The largest absolute Gasteiger partial charge is 0.493 e. The Morgan fingerprint density at radius 2 is 1.81 bits per heavy atom. The van der Waals surface area contributed by atoms with Gasteiger partial charge in [0, 0.05) is 38.5 Å². The number of benzene rings is 1. The Bertz CT molecular complexity index is 1420. The van der Waals surface area contributed by atoms with Gasteiger partial charge in [-0.1, -0.05) is 19.8 Å². The summed E-state index contributed by atoms with van der Waals surface area (Å²) in [5.74, 6) is 1.72. The molecular formula is C25H34N6O4S. The molecule has 36 heavy (non-hydrogen) atoms. The summed E-state index contributed by atoms with van der Waals surface area (Å²) in [5.41, 5.74) is 1.52. The van der Waals surface area contributed by atoms with Gasteiger partial charge in [0.15, 0.2) is 5.65 Å². The number of piperazine rings is 1. The maximum absolute atomic E-state index is 13.5. The van der Waals surface area contributed by atoms with Gasteiger partial charge >= 0.3 is 5.69 Å². The first kappa shape index (κ1) is 24.9. The number of ether oxygens (including phenoxy) is 1. The minimum atomic E-state index is -3.71. The van der Waals surface area contributed by atoms with Gasteiger partial charge in [-0.2, -0.15) is 4.31 Å². The lowest BCUT2D eigenvalue weighted by Crippen LogP contribution is -2.47. The molecule has 11 heteroatoms. The fraction of sp³-hybridized carbons (Fsp3) is 0.560. The van der Waals surface area contributed by atoms with Gasteiger partial charge in [-0.15, -0.1) is 0 Å². The van der Waals surface area contributed by atoms with E-state index in [1.54, 1.807) is 22.6 Å². The molecule has 1 aliphatic heterocycles. The number of nitrogens with one attached hydrogen (secondary N) is 1. The maximum Gasteiger partial charge on any atom is 0.334 e. The molecule has 2 aliphatic rings. The molecular weight excluding hydrogens is 480 g/mol. The quantitative estimate of drug-likeness (QED) is 0.516. The summed E-state index contributed by atoms with van der Waals surface area (Å²) in [6.07, 6.45) is 4.95. The van der Waals surface area contributed by atoms with Crippen LogP contribution in [0.25, 0.3) is 17.0 Å². The summed E-state index contributed by atoms with van der Waals surface area (Å²) < 4.78 is 35.8. The average molecular weight is 515 g/mol. The van der Waals surface area contributed by atoms with E-state index in [2.05, 4.69) is 9.88 Å². The van der Waals surface area contributed by atoms with Crippen molar-refractivity contribution in [2.75, 3.05) is 39.8 Å². The highest BCUT2D eigenvalue weighted by Crippen LogP contribution is 2.36. The summed E-state index contributed by atoms with van der Waals surface area (Å²) in [4.78, 5) is 28.1. The molecule has 2 aromatic heterocycles. The Balaban J connectivity index is 1.64. The van der Waals surface area contributed by atoms with Gasteiger partial charge in [0.05, 0.1) is 22.8 Å². The zero-order valence-corrected chi connectivity index (χ0v) is 22.0. The SMILES string of the molecule is CCOc1ccc(S(=O)(=O)N2CCN(C)CC2)cc1-c1nc2c(C3CCCC3)nc(CC)n2c(=O)[nH]1. The third kappa shape index (κ3) is 4.44. The monoisotopic (exact) mass is 514 g/mol. The number of sulfonamides is 1. The number of aromatic amines is 1. The lowest BCUT2D eigenvalue weighted by molar-refractivity contribution is 0.222. The van der Waals surface area contributed by atoms with Crippen molar-refractivity contribution < 1.29 is 13.2 Å². The van der Waals surface area contributed by atoms with Gasteiger partial charge in [-0.05, 0) is 45.0 Å². The van der Waals surface area contributed by atoms with E-state index in [0.29, 0.717) is 62.0 Å². The molecule has 3 heterocycles. The Hall–Kier alpha value is -2.76. The average Bonchev–Trinajstić information content (AvgIpc) is 3.52. The summed E-state index contributed by atoms with van der Waals surface area (Å²) in [7, 11) is -1.72. The van der Waals surface area contributed by atoms with E-state index in [9.17, 15) is 13.2 Å². The van der Waals surface area contributed by atoms with Crippen molar-refractivity contribution in [2.45, 2.75) is 56.8 Å². The molecule has 0 atom stereocenters. The van der Waals surface area contributed by atoms with Gasteiger partial charge in [0.1, 0.15) is 17.4 Å². The molecule has 0 spiro atoms. The Labute approximate surface area is 211 Å². The third-order valence-corrected chi connectivity index (χ3v) is 9.15. The molecule has 194 valence electrons. The van der Waals surface area contributed by atoms with Crippen LogP contribution in [0.2, 0.25) is 0 Å². The molecule has 1 saturated heterocycles. The first-order valence-electron chi connectivity index (χ1n) is 12.8. The van der Waals surface area contributed by atoms with E-state index < -0.39 is 10.0 Å². The fourth-order valence-electron chi connectivity index (χ4n) is 5.24. The van der Waals surface area contributed by atoms with Crippen molar-refractivity contribution >= 4 is 15.7 Å². The lowest BCUT2D eigenvalue weighted by Gasteiger charge is -2.31. The van der Waals surface area contributed by atoms with Crippen LogP contribution in [-0.4, -0.2) is 76.8 Å². The van der Waals surface area contributed by atoms with Gasteiger partial charge in [0.25, 0.3) is 0 Å². The van der Waals surface area contributed by atoms with Crippen molar-refractivity contribution in [1.82, 2.24) is 28.6 Å². The van der Waals surface area contributed by atoms with Crippen LogP contribution in [-0.2, 0) is 16.4 Å². The van der Waals surface area contributed by atoms with Gasteiger partial charge in [-0.3, -0.25) is 4.98 Å². The number of aromatic nitrogens is 4. The van der Waals surface area contributed by atoms with Gasteiger partial charge < -0.3 is 9.64 Å². The van der Waals surface area contributed by atoms with Crippen LogP contribution in [0.15, 0.2) is 27.9 Å². The zero-order valence-electron chi connectivity index (χ0n) is 21.2. The first-order chi connectivity index (χ1) is 17.3. The number of aryl methyl sites for hydroxylation is 1. The normalized spacial score (nSPS) is 18.3. The van der Waals surface area contributed by atoms with E-state index in [-0.39, 0.29) is 22.3 Å². The number of fused-ring (bicyclic) bond motifs is 1. The molecule has 1 saturated carbocycles. The Morgan fingerprint density at radius 1 is 1.08 bits per heavy atom. The molecule has 1 aromatic carbocycles. The van der Waals surface area contributed by atoms with E-state index >= 15 is 0 Å². The van der Waals surface area contributed by atoms with Crippen molar-refractivity contribution in [2.24, 2.45) is 0 Å². The first-order valence-corrected chi connectivity index (χ1v) is 14.2. The number of likely N-dealkylation sites (N-methyl/N-ethyl adjacent to an activating group) is 1. The second-order valence-electron chi connectivity index (χ2n) is 9.60. The summed E-state index contributed by atoms with van der Waals surface area (Å²) in [6, 6.07) is 4.79. The van der Waals surface area contributed by atoms with E-state index in [0.717, 1.165) is 31.4 Å². The standard InChI is InChI=1S/C25H34N6O4S/c1-4-21-26-22(17-8-6-7-9-17)24-27-23(28-25(32)31(21)24)19-16-18(10-11-20(19)35-5-2)36(33,34)30-14-12-29(3)13-15-30/h10-11,16-17H,4-9,12-15H2,1-3H3,(H,27,28,32).